The van der Waals surface area contributed by atoms with Crippen LogP contribution in [0.5, 0.6) is 0 Å². The van der Waals surface area contributed by atoms with Crippen molar-refractivity contribution >= 4 is 39.4 Å². The van der Waals surface area contributed by atoms with E-state index < -0.39 is 34.5 Å². The average Bonchev–Trinajstić information content (AvgIpc) is 2.65. The van der Waals surface area contributed by atoms with E-state index in [1.54, 1.807) is 24.3 Å². The van der Waals surface area contributed by atoms with Crippen molar-refractivity contribution in [1.29, 1.82) is 0 Å². The fourth-order valence-electron chi connectivity index (χ4n) is 2.61. The van der Waals surface area contributed by atoms with Crippen molar-refractivity contribution in [2.24, 2.45) is 5.73 Å². The molecule has 0 radical (unpaired) electrons. The third kappa shape index (κ3) is 5.50. The lowest BCUT2D eigenvalue weighted by Gasteiger charge is -2.37. The number of hydrogen-bond acceptors (Lipinski definition) is 6. The Morgan fingerprint density at radius 1 is 1.17 bits per heavy atom. The molecule has 1 heterocycles. The number of benzene rings is 1. The van der Waals surface area contributed by atoms with Crippen LogP contribution in [0.15, 0.2) is 24.3 Å². The van der Waals surface area contributed by atoms with Gasteiger partial charge in [-0.3, -0.25) is 4.79 Å². The van der Waals surface area contributed by atoms with Gasteiger partial charge in [-0.25, -0.2) is 4.79 Å². The predicted molar refractivity (Wildman–Crippen MR) is 97.1 cm³/mol. The van der Waals surface area contributed by atoms with Gasteiger partial charge in [0.25, 0.3) is 16.1 Å². The van der Waals surface area contributed by atoms with E-state index in [0.717, 1.165) is 17.0 Å². The molecule has 0 spiro atoms. The number of alkyl halides is 3. The van der Waals surface area contributed by atoms with E-state index in [2.05, 4.69) is 4.74 Å². The van der Waals surface area contributed by atoms with Gasteiger partial charge in [-0.15, -0.1) is 4.31 Å². The summed E-state index contributed by atoms with van der Waals surface area (Å²) in [5, 5.41) is 0.544. The second-order valence-corrected chi connectivity index (χ2v) is 8.47. The number of ether oxygens (including phenoxy) is 1. The first-order valence-corrected chi connectivity index (χ1v) is 9.92. The quantitative estimate of drug-likeness (QED) is 0.492. The number of hydrogen-bond donors (Lipinski definition) is 1. The lowest BCUT2D eigenvalue weighted by atomic mass is 10.2. The number of piperazine rings is 1. The highest BCUT2D eigenvalue weighted by Gasteiger charge is 2.46. The molecule has 0 aliphatic carbocycles. The molecule has 9 nitrogen and oxygen atoms in total. The molecule has 0 saturated carbocycles. The van der Waals surface area contributed by atoms with E-state index in [4.69, 9.17) is 17.3 Å². The molecule has 1 aliphatic rings. The average molecular weight is 459 g/mol. The number of esters is 1. The van der Waals surface area contributed by atoms with E-state index in [-0.39, 0.29) is 30.5 Å². The maximum absolute atomic E-state index is 12.7. The van der Waals surface area contributed by atoms with Crippen LogP contribution in [0.2, 0.25) is 5.02 Å². The summed E-state index contributed by atoms with van der Waals surface area (Å²) >= 11 is 5.83. The van der Waals surface area contributed by atoms with Gasteiger partial charge >= 0.3 is 12.1 Å². The molecule has 1 amide bonds. The summed E-state index contributed by atoms with van der Waals surface area (Å²) in [5.74, 6) is -4.29. The second kappa shape index (κ2) is 8.73. The number of amides is 1. The summed E-state index contributed by atoms with van der Waals surface area (Å²) in [6, 6.07) is 6.89. The van der Waals surface area contributed by atoms with E-state index in [0.29, 0.717) is 5.02 Å². The van der Waals surface area contributed by atoms with Gasteiger partial charge in [0.15, 0.2) is 0 Å². The van der Waals surface area contributed by atoms with Crippen LogP contribution in [0.1, 0.15) is 0 Å². The molecule has 1 aliphatic heterocycles. The Hall–Kier alpha value is -2.09. The monoisotopic (exact) mass is 458 g/mol. The third-order valence-electron chi connectivity index (χ3n) is 4.14. The lowest BCUT2D eigenvalue weighted by molar-refractivity contribution is -0.209. The Kier molecular flexibility index (Phi) is 6.98. The van der Waals surface area contributed by atoms with Crippen LogP contribution in [-0.2, 0) is 24.5 Å². The molecular weight excluding hydrogens is 441 g/mol. The Morgan fingerprint density at radius 3 is 2.14 bits per heavy atom. The molecule has 1 aromatic carbocycles. The summed E-state index contributed by atoms with van der Waals surface area (Å²) in [6.07, 6.45) is -7.86. The van der Waals surface area contributed by atoms with Crippen LogP contribution in [0, 0.1) is 0 Å². The number of nitrogens with two attached hydrogens (primary N) is 1. The number of rotatable bonds is 6. The molecule has 1 fully saturated rings. The van der Waals surface area contributed by atoms with Crippen molar-refractivity contribution in [3.8, 4) is 0 Å². The minimum Gasteiger partial charge on any atom is -0.429 e. The molecule has 1 aromatic rings. The SMILES string of the molecule is CN(C(OC(=O)C(F)(F)F)C(N)=O)S(=O)(=O)N1CCN(c2ccc(Cl)cc2)CC1. The van der Waals surface area contributed by atoms with Gasteiger partial charge in [-0.2, -0.15) is 25.9 Å². The molecule has 1 saturated heterocycles. The zero-order chi connectivity index (χ0) is 22.0. The molecule has 2 rings (SSSR count). The van der Waals surface area contributed by atoms with E-state index in [1.807, 2.05) is 4.90 Å². The van der Waals surface area contributed by atoms with Gasteiger partial charge in [0.05, 0.1) is 0 Å². The van der Waals surface area contributed by atoms with Crippen molar-refractivity contribution in [3.63, 3.8) is 0 Å². The summed E-state index contributed by atoms with van der Waals surface area (Å²) in [7, 11) is -3.63. The summed E-state index contributed by atoms with van der Waals surface area (Å²) in [6.45, 7) is 0.512. The number of halogens is 4. The fourth-order valence-corrected chi connectivity index (χ4v) is 4.12. The van der Waals surface area contributed by atoms with Crippen molar-refractivity contribution in [3.05, 3.63) is 29.3 Å². The topological polar surface area (TPSA) is 113 Å². The molecule has 29 heavy (non-hydrogen) atoms. The summed E-state index contributed by atoms with van der Waals surface area (Å²) in [5.41, 5.74) is 5.75. The predicted octanol–water partition coefficient (Wildman–Crippen LogP) is 0.556. The van der Waals surface area contributed by atoms with Crippen molar-refractivity contribution in [2.45, 2.75) is 12.4 Å². The Morgan fingerprint density at radius 2 is 1.69 bits per heavy atom. The molecular formula is C15H18ClF3N4O5S. The number of nitrogens with zero attached hydrogens (tertiary/aromatic N) is 3. The highest BCUT2D eigenvalue weighted by Crippen LogP contribution is 2.23. The summed E-state index contributed by atoms with van der Waals surface area (Å²) in [4.78, 5) is 24.3. The minimum absolute atomic E-state index is 0.0198. The van der Waals surface area contributed by atoms with Gasteiger partial charge in [-0.1, -0.05) is 11.6 Å². The highest BCUT2D eigenvalue weighted by atomic mass is 35.5. The lowest BCUT2D eigenvalue weighted by Crippen LogP contribution is -2.57. The van der Waals surface area contributed by atoms with Gasteiger partial charge in [0.1, 0.15) is 0 Å². The Labute approximate surface area is 169 Å². The molecule has 0 aromatic heterocycles. The number of carbonyl (C=O) groups is 2. The van der Waals surface area contributed by atoms with Crippen LogP contribution in [0.25, 0.3) is 0 Å². The third-order valence-corrected chi connectivity index (χ3v) is 6.33. The smallest absolute Gasteiger partial charge is 0.429 e. The van der Waals surface area contributed by atoms with Gasteiger partial charge < -0.3 is 15.4 Å². The van der Waals surface area contributed by atoms with Gasteiger partial charge in [-0.05, 0) is 24.3 Å². The van der Waals surface area contributed by atoms with E-state index >= 15 is 0 Å². The normalized spacial score (nSPS) is 17.2. The number of anilines is 1. The van der Waals surface area contributed by atoms with Crippen molar-refractivity contribution in [2.75, 3.05) is 38.1 Å². The number of primary amides is 1. The summed E-state index contributed by atoms with van der Waals surface area (Å²) < 4.78 is 67.7. The first kappa shape index (κ1) is 23.2. The Bertz CT molecular complexity index is 858. The zero-order valence-corrected chi connectivity index (χ0v) is 16.7. The van der Waals surface area contributed by atoms with Crippen LogP contribution in [0.4, 0.5) is 18.9 Å². The fraction of sp³-hybridized carbons (Fsp3) is 0.467. The molecule has 162 valence electrons. The highest BCUT2D eigenvalue weighted by molar-refractivity contribution is 7.86. The zero-order valence-electron chi connectivity index (χ0n) is 15.1. The van der Waals surface area contributed by atoms with Gasteiger partial charge in [0, 0.05) is 43.9 Å². The first-order chi connectivity index (χ1) is 13.3. The van der Waals surface area contributed by atoms with Crippen LogP contribution in [0.3, 0.4) is 0 Å². The number of carbonyl (C=O) groups excluding carboxylic acids is 2. The van der Waals surface area contributed by atoms with E-state index in [1.165, 1.54) is 0 Å². The first-order valence-electron chi connectivity index (χ1n) is 8.15. The maximum atomic E-state index is 12.7. The van der Waals surface area contributed by atoms with Crippen molar-refractivity contribution in [1.82, 2.24) is 8.61 Å². The maximum Gasteiger partial charge on any atom is 0.490 e. The van der Waals surface area contributed by atoms with Crippen molar-refractivity contribution < 1.29 is 35.9 Å². The minimum atomic E-state index is -5.41. The van der Waals surface area contributed by atoms with Crippen LogP contribution in [-0.4, -0.2) is 74.5 Å². The molecule has 1 unspecified atom stereocenters. The standard InChI is InChI=1S/C15H18ClF3N4O5S/c1-21(13(12(20)24)28-14(25)15(17,18)19)29(26,27)23-8-6-22(7-9-23)11-4-2-10(16)3-5-11/h2-5,13H,6-9H2,1H3,(H2,20,24). The molecule has 0 bridgehead atoms. The molecule has 1 atom stereocenters. The van der Waals surface area contributed by atoms with Gasteiger partial charge in [0.2, 0.25) is 6.23 Å². The Balaban J connectivity index is 2.09. The van der Waals surface area contributed by atoms with Crippen LogP contribution >= 0.6 is 11.6 Å². The number of likely N-dealkylation sites (N-methyl/N-ethyl adjacent to an activating group) is 1. The van der Waals surface area contributed by atoms with E-state index in [9.17, 15) is 31.2 Å². The second-order valence-electron chi connectivity index (χ2n) is 6.04. The van der Waals surface area contributed by atoms with Crippen LogP contribution < -0.4 is 10.6 Å². The molecule has 14 heteroatoms. The molecule has 2 N–H and O–H groups in total. The largest absolute Gasteiger partial charge is 0.490 e.